The molecule has 4 rings (SSSR count). The van der Waals surface area contributed by atoms with Gasteiger partial charge in [-0.2, -0.15) is 0 Å². The molecule has 2 aromatic heterocycles. The molecule has 0 spiro atoms. The van der Waals surface area contributed by atoms with Crippen molar-refractivity contribution in [1.29, 1.82) is 0 Å². The lowest BCUT2D eigenvalue weighted by Gasteiger charge is -2.19. The van der Waals surface area contributed by atoms with E-state index >= 15 is 0 Å². The van der Waals surface area contributed by atoms with E-state index in [9.17, 15) is 14.7 Å². The van der Waals surface area contributed by atoms with Crippen LogP contribution in [-0.4, -0.2) is 29.3 Å². The number of carboxylic acid groups (broad SMARTS) is 1. The first-order valence-corrected chi connectivity index (χ1v) is 11.5. The first kappa shape index (κ1) is 24.9. The standard InChI is InChI=1S/C27H25ClN4O4/c1-13-9-18(15(3)31-21-7-8-22(28)32-23(21)27(34)35)26-19(10-13)24(33)14(2)25(36-26)16-5-6-20(29)17(11-16)12-30-4/h5-12,15,31H,29H2,1-4H3,(H,34,35). The zero-order valence-corrected chi connectivity index (χ0v) is 21.0. The second-order valence-electron chi connectivity index (χ2n) is 8.55. The molecule has 36 heavy (non-hydrogen) atoms. The van der Waals surface area contributed by atoms with Gasteiger partial charge in [0.2, 0.25) is 0 Å². The molecule has 1 unspecified atom stereocenters. The average molecular weight is 505 g/mol. The Labute approximate surface area is 212 Å². The summed E-state index contributed by atoms with van der Waals surface area (Å²) in [4.78, 5) is 33.1. The van der Waals surface area contributed by atoms with Crippen molar-refractivity contribution in [3.8, 4) is 11.3 Å². The minimum absolute atomic E-state index is 0.0775. The maximum atomic E-state index is 13.4. The summed E-state index contributed by atoms with van der Waals surface area (Å²) in [6.07, 6.45) is 1.65. The number of hydrogen-bond acceptors (Lipinski definition) is 7. The van der Waals surface area contributed by atoms with E-state index in [1.165, 1.54) is 6.07 Å². The topological polar surface area (TPSA) is 131 Å². The number of carboxylic acids is 1. The molecule has 0 aliphatic rings. The third-order valence-electron chi connectivity index (χ3n) is 5.91. The summed E-state index contributed by atoms with van der Waals surface area (Å²) in [7, 11) is 1.66. The number of nitrogen functional groups attached to an aromatic ring is 1. The van der Waals surface area contributed by atoms with Gasteiger partial charge in [0.1, 0.15) is 16.5 Å². The van der Waals surface area contributed by atoms with Crippen molar-refractivity contribution >= 4 is 46.1 Å². The van der Waals surface area contributed by atoms with Crippen LogP contribution in [0.15, 0.2) is 56.7 Å². The van der Waals surface area contributed by atoms with Gasteiger partial charge in [0.05, 0.1) is 17.1 Å². The smallest absolute Gasteiger partial charge is 0.356 e. The van der Waals surface area contributed by atoms with Crippen LogP contribution in [0.3, 0.4) is 0 Å². The van der Waals surface area contributed by atoms with E-state index in [0.29, 0.717) is 50.4 Å². The number of nitrogens with one attached hydrogen (secondary N) is 1. The predicted octanol–water partition coefficient (Wildman–Crippen LogP) is 5.63. The molecule has 9 heteroatoms. The average Bonchev–Trinajstić information content (AvgIpc) is 2.83. The number of aryl methyl sites for hydroxylation is 1. The minimum Gasteiger partial charge on any atom is -0.476 e. The van der Waals surface area contributed by atoms with Crippen LogP contribution in [0.2, 0.25) is 5.15 Å². The van der Waals surface area contributed by atoms with Crippen LogP contribution in [-0.2, 0) is 0 Å². The van der Waals surface area contributed by atoms with Crippen LogP contribution < -0.4 is 16.5 Å². The van der Waals surface area contributed by atoms with E-state index in [-0.39, 0.29) is 16.3 Å². The number of aliphatic imine (C=N–C) groups is 1. The fraction of sp³-hybridized carbons (Fsp3) is 0.185. The second kappa shape index (κ2) is 9.83. The lowest BCUT2D eigenvalue weighted by molar-refractivity contribution is 0.0691. The molecule has 8 nitrogen and oxygen atoms in total. The molecule has 2 aromatic carbocycles. The molecule has 0 bridgehead atoms. The van der Waals surface area contributed by atoms with E-state index in [1.807, 2.05) is 26.0 Å². The van der Waals surface area contributed by atoms with Crippen LogP contribution in [0, 0.1) is 13.8 Å². The first-order chi connectivity index (χ1) is 17.1. The fourth-order valence-corrected chi connectivity index (χ4v) is 4.30. The van der Waals surface area contributed by atoms with Gasteiger partial charge < -0.3 is 20.6 Å². The van der Waals surface area contributed by atoms with Crippen molar-refractivity contribution in [2.45, 2.75) is 26.8 Å². The van der Waals surface area contributed by atoms with Crippen molar-refractivity contribution in [2.75, 3.05) is 18.1 Å². The monoisotopic (exact) mass is 504 g/mol. The van der Waals surface area contributed by atoms with Gasteiger partial charge in [0.15, 0.2) is 11.1 Å². The summed E-state index contributed by atoms with van der Waals surface area (Å²) in [6.45, 7) is 5.47. The number of anilines is 2. The highest BCUT2D eigenvalue weighted by atomic mass is 35.5. The third-order valence-corrected chi connectivity index (χ3v) is 6.12. The lowest BCUT2D eigenvalue weighted by atomic mass is 9.98. The van der Waals surface area contributed by atoms with Crippen LogP contribution >= 0.6 is 11.6 Å². The Morgan fingerprint density at radius 2 is 1.97 bits per heavy atom. The van der Waals surface area contributed by atoms with Crippen molar-refractivity contribution in [2.24, 2.45) is 4.99 Å². The number of pyridine rings is 1. The van der Waals surface area contributed by atoms with Gasteiger partial charge in [-0.1, -0.05) is 17.7 Å². The Balaban J connectivity index is 1.90. The van der Waals surface area contributed by atoms with Crippen LogP contribution in [0.4, 0.5) is 11.4 Å². The van der Waals surface area contributed by atoms with Crippen molar-refractivity contribution in [3.05, 3.63) is 85.8 Å². The SMILES string of the molecule is CN=Cc1cc(-c2oc3c(C(C)Nc4ccc(Cl)nc4C(=O)O)cc(C)cc3c(=O)c2C)ccc1N. The number of fused-ring (bicyclic) bond motifs is 1. The van der Waals surface area contributed by atoms with Crippen molar-refractivity contribution < 1.29 is 14.3 Å². The molecule has 4 N–H and O–H groups in total. The van der Waals surface area contributed by atoms with Gasteiger partial charge in [0, 0.05) is 41.2 Å². The maximum absolute atomic E-state index is 13.4. The minimum atomic E-state index is -1.21. The summed E-state index contributed by atoms with van der Waals surface area (Å²) in [5, 5.41) is 13.3. The summed E-state index contributed by atoms with van der Waals surface area (Å²) < 4.78 is 6.40. The number of nitrogens with two attached hydrogens (primary N) is 1. The summed E-state index contributed by atoms with van der Waals surface area (Å²) in [5.74, 6) is -0.782. The molecule has 0 fully saturated rings. The van der Waals surface area contributed by atoms with E-state index in [2.05, 4.69) is 15.3 Å². The zero-order chi connectivity index (χ0) is 26.1. The maximum Gasteiger partial charge on any atom is 0.356 e. The normalized spacial score (nSPS) is 12.2. The van der Waals surface area contributed by atoms with Gasteiger partial charge in [-0.25, -0.2) is 9.78 Å². The Morgan fingerprint density at radius 3 is 2.67 bits per heavy atom. The molecular weight excluding hydrogens is 480 g/mol. The highest BCUT2D eigenvalue weighted by molar-refractivity contribution is 6.29. The largest absolute Gasteiger partial charge is 0.476 e. The van der Waals surface area contributed by atoms with Crippen molar-refractivity contribution in [3.63, 3.8) is 0 Å². The zero-order valence-electron chi connectivity index (χ0n) is 20.2. The van der Waals surface area contributed by atoms with E-state index in [4.69, 9.17) is 21.8 Å². The molecule has 0 aliphatic carbocycles. The number of aromatic carboxylic acids is 1. The highest BCUT2D eigenvalue weighted by Gasteiger charge is 2.21. The number of nitrogens with zero attached hydrogens (tertiary/aromatic N) is 2. The highest BCUT2D eigenvalue weighted by Crippen LogP contribution is 2.33. The van der Waals surface area contributed by atoms with Gasteiger partial charge in [-0.3, -0.25) is 9.79 Å². The van der Waals surface area contributed by atoms with Crippen LogP contribution in [0.1, 0.15) is 45.7 Å². The molecule has 0 radical (unpaired) electrons. The molecule has 0 amide bonds. The molecule has 1 atom stereocenters. The Bertz CT molecular complexity index is 1590. The van der Waals surface area contributed by atoms with Gasteiger partial charge in [-0.05, 0) is 62.7 Å². The molecule has 4 aromatic rings. The Morgan fingerprint density at radius 1 is 1.22 bits per heavy atom. The first-order valence-electron chi connectivity index (χ1n) is 11.2. The van der Waals surface area contributed by atoms with Gasteiger partial charge >= 0.3 is 5.97 Å². The summed E-state index contributed by atoms with van der Waals surface area (Å²) in [6, 6.07) is 11.7. The van der Waals surface area contributed by atoms with E-state index in [0.717, 1.165) is 5.56 Å². The molecular formula is C27H25ClN4O4. The summed E-state index contributed by atoms with van der Waals surface area (Å²) >= 11 is 5.89. The number of hydrogen-bond donors (Lipinski definition) is 3. The van der Waals surface area contributed by atoms with E-state index < -0.39 is 12.0 Å². The third kappa shape index (κ3) is 4.67. The molecule has 0 saturated heterocycles. The van der Waals surface area contributed by atoms with Gasteiger partial charge in [0.25, 0.3) is 0 Å². The Hall–Kier alpha value is -4.17. The summed E-state index contributed by atoms with van der Waals surface area (Å²) in [5.41, 5.74) is 10.4. The number of benzene rings is 2. The fourth-order valence-electron chi connectivity index (χ4n) is 4.16. The number of aromatic nitrogens is 1. The van der Waals surface area contributed by atoms with Crippen molar-refractivity contribution in [1.82, 2.24) is 4.98 Å². The second-order valence-corrected chi connectivity index (χ2v) is 8.94. The molecule has 184 valence electrons. The number of carbonyl (C=O) groups is 1. The lowest BCUT2D eigenvalue weighted by Crippen LogP contribution is -2.14. The predicted molar refractivity (Wildman–Crippen MR) is 144 cm³/mol. The Kier molecular flexibility index (Phi) is 6.81. The molecule has 2 heterocycles. The van der Waals surface area contributed by atoms with Gasteiger partial charge in [-0.15, -0.1) is 0 Å². The number of halogens is 1. The van der Waals surface area contributed by atoms with Crippen LogP contribution in [0.25, 0.3) is 22.3 Å². The quantitative estimate of drug-likeness (QED) is 0.176. The van der Waals surface area contributed by atoms with Crippen LogP contribution in [0.5, 0.6) is 0 Å². The number of rotatable bonds is 6. The molecule has 0 saturated carbocycles. The van der Waals surface area contributed by atoms with E-state index in [1.54, 1.807) is 44.5 Å². The molecule has 0 aliphatic heterocycles.